The maximum Gasteiger partial charge on any atom is 0.0964 e. The zero-order chi connectivity index (χ0) is 12.3. The van der Waals surface area contributed by atoms with Crippen LogP contribution >= 0.6 is 0 Å². The second-order valence-corrected chi connectivity index (χ2v) is 4.02. The molecule has 17 heavy (non-hydrogen) atoms. The lowest BCUT2D eigenvalue weighted by molar-refractivity contribution is 0.880. The van der Waals surface area contributed by atoms with E-state index < -0.39 is 0 Å². The Bertz CT molecular complexity index is 518. The molecule has 0 N–H and O–H groups in total. The van der Waals surface area contributed by atoms with E-state index in [1.165, 1.54) is 16.7 Å². The summed E-state index contributed by atoms with van der Waals surface area (Å²) in [5.74, 6) is 0. The van der Waals surface area contributed by atoms with Crippen LogP contribution in [0.5, 0.6) is 0 Å². The van der Waals surface area contributed by atoms with Gasteiger partial charge in [-0.25, -0.2) is 0 Å². The van der Waals surface area contributed by atoms with E-state index in [1.54, 1.807) is 0 Å². The Morgan fingerprint density at radius 1 is 0.941 bits per heavy atom. The average Bonchev–Trinajstić information content (AvgIpc) is 2.40. The van der Waals surface area contributed by atoms with Gasteiger partial charge in [0.25, 0.3) is 0 Å². The third-order valence-electron chi connectivity index (χ3n) is 2.93. The molecular weight excluding hydrogens is 208 g/mol. The lowest BCUT2D eigenvalue weighted by Gasteiger charge is -2.17. The van der Waals surface area contributed by atoms with E-state index in [2.05, 4.69) is 40.5 Å². The number of hydrogen-bond acceptors (Lipinski definition) is 2. The Balaban J connectivity index is 0.000000514. The topological polar surface area (TPSA) is 25.8 Å². The Kier molecular flexibility index (Phi) is 3.52. The summed E-state index contributed by atoms with van der Waals surface area (Å²) in [7, 11) is 0. The molecule has 0 atom stereocenters. The Hall–Kier alpha value is -1.70. The predicted octanol–water partition coefficient (Wildman–Crippen LogP) is 3.58. The number of nitrogens with zero attached hydrogens (tertiary/aromatic N) is 2. The lowest BCUT2D eigenvalue weighted by atomic mass is 9.89. The van der Waals surface area contributed by atoms with Gasteiger partial charge in [0.15, 0.2) is 0 Å². The summed E-state index contributed by atoms with van der Waals surface area (Å²) in [5.41, 5.74) is 6.06. The monoisotopic (exact) mass is 226 g/mol. The van der Waals surface area contributed by atoms with E-state index in [4.69, 9.17) is 0 Å². The van der Waals surface area contributed by atoms with Crippen LogP contribution in [0, 0.1) is 6.92 Å². The second-order valence-electron chi connectivity index (χ2n) is 4.02. The SMILES string of the molecule is CC.Cc1cc2c(nn1)-c1ccccc1CC2. The maximum atomic E-state index is 4.31. The number of benzene rings is 1. The summed E-state index contributed by atoms with van der Waals surface area (Å²) in [6, 6.07) is 10.6. The van der Waals surface area contributed by atoms with E-state index >= 15 is 0 Å². The quantitative estimate of drug-likeness (QED) is 0.686. The van der Waals surface area contributed by atoms with Gasteiger partial charge in [-0.05, 0) is 37.0 Å². The third kappa shape index (κ3) is 2.21. The minimum atomic E-state index is 1.01. The Morgan fingerprint density at radius 3 is 2.47 bits per heavy atom. The van der Waals surface area contributed by atoms with E-state index in [0.29, 0.717) is 0 Å². The van der Waals surface area contributed by atoms with Crippen LogP contribution in [0.1, 0.15) is 30.7 Å². The highest BCUT2D eigenvalue weighted by Crippen LogP contribution is 2.30. The molecule has 0 amide bonds. The molecule has 2 heteroatoms. The largest absolute Gasteiger partial charge is 0.155 e. The van der Waals surface area contributed by atoms with Crippen LogP contribution in [0.4, 0.5) is 0 Å². The van der Waals surface area contributed by atoms with E-state index in [1.807, 2.05) is 20.8 Å². The normalized spacial score (nSPS) is 11.9. The van der Waals surface area contributed by atoms with Crippen molar-refractivity contribution in [1.82, 2.24) is 10.2 Å². The number of aryl methyl sites for hydroxylation is 3. The second kappa shape index (κ2) is 5.09. The van der Waals surface area contributed by atoms with Gasteiger partial charge in [-0.15, -0.1) is 5.10 Å². The fourth-order valence-electron chi connectivity index (χ4n) is 2.20. The first kappa shape index (κ1) is 11.8. The van der Waals surface area contributed by atoms with Crippen LogP contribution in [0.3, 0.4) is 0 Å². The molecule has 88 valence electrons. The van der Waals surface area contributed by atoms with Crippen LogP contribution < -0.4 is 0 Å². The van der Waals surface area contributed by atoms with Gasteiger partial charge in [-0.3, -0.25) is 0 Å². The van der Waals surface area contributed by atoms with Crippen molar-refractivity contribution in [2.24, 2.45) is 0 Å². The first-order valence-corrected chi connectivity index (χ1v) is 6.26. The van der Waals surface area contributed by atoms with E-state index in [9.17, 15) is 0 Å². The molecule has 0 unspecified atom stereocenters. The summed E-state index contributed by atoms with van der Waals surface area (Å²) >= 11 is 0. The van der Waals surface area contributed by atoms with Crippen LogP contribution in [-0.4, -0.2) is 10.2 Å². The Labute approximate surface area is 103 Å². The highest BCUT2D eigenvalue weighted by molar-refractivity contribution is 5.68. The molecule has 0 spiro atoms. The van der Waals surface area contributed by atoms with Gasteiger partial charge in [0.2, 0.25) is 0 Å². The molecule has 0 aliphatic heterocycles. The van der Waals surface area contributed by atoms with Crippen molar-refractivity contribution in [1.29, 1.82) is 0 Å². The van der Waals surface area contributed by atoms with Crippen molar-refractivity contribution >= 4 is 0 Å². The smallest absolute Gasteiger partial charge is 0.0964 e. The minimum absolute atomic E-state index is 1.01. The summed E-state index contributed by atoms with van der Waals surface area (Å²) in [6.45, 7) is 5.99. The molecule has 2 nitrogen and oxygen atoms in total. The first-order valence-electron chi connectivity index (χ1n) is 6.26. The van der Waals surface area contributed by atoms with Crippen LogP contribution in [0.2, 0.25) is 0 Å². The van der Waals surface area contributed by atoms with Gasteiger partial charge in [-0.2, -0.15) is 5.10 Å². The highest BCUT2D eigenvalue weighted by Gasteiger charge is 2.16. The zero-order valence-electron chi connectivity index (χ0n) is 10.7. The fourth-order valence-corrected chi connectivity index (χ4v) is 2.20. The molecule has 1 aliphatic rings. The van der Waals surface area contributed by atoms with E-state index in [-0.39, 0.29) is 0 Å². The molecule has 0 bridgehead atoms. The van der Waals surface area contributed by atoms with Crippen molar-refractivity contribution in [2.75, 3.05) is 0 Å². The van der Waals surface area contributed by atoms with Crippen molar-refractivity contribution in [3.8, 4) is 11.3 Å². The molecule has 1 heterocycles. The highest BCUT2D eigenvalue weighted by atomic mass is 15.1. The van der Waals surface area contributed by atoms with Gasteiger partial charge in [0, 0.05) is 5.56 Å². The Morgan fingerprint density at radius 2 is 1.65 bits per heavy atom. The summed E-state index contributed by atoms with van der Waals surface area (Å²) in [4.78, 5) is 0. The lowest BCUT2D eigenvalue weighted by Crippen LogP contribution is -2.07. The molecule has 3 rings (SSSR count). The molecule has 0 saturated heterocycles. The predicted molar refractivity (Wildman–Crippen MR) is 71.0 cm³/mol. The number of rotatable bonds is 0. The molecule has 1 aromatic heterocycles. The van der Waals surface area contributed by atoms with Crippen molar-refractivity contribution < 1.29 is 0 Å². The summed E-state index contributed by atoms with van der Waals surface area (Å²) in [5, 5.41) is 8.45. The molecule has 2 aromatic rings. The molecule has 1 aliphatic carbocycles. The van der Waals surface area contributed by atoms with Crippen molar-refractivity contribution in [3.05, 3.63) is 47.2 Å². The van der Waals surface area contributed by atoms with E-state index in [0.717, 1.165) is 24.2 Å². The minimum Gasteiger partial charge on any atom is -0.155 e. The molecule has 0 radical (unpaired) electrons. The number of aromatic nitrogens is 2. The van der Waals surface area contributed by atoms with Gasteiger partial charge in [0.1, 0.15) is 0 Å². The molecular formula is C15H18N2. The van der Waals surface area contributed by atoms with Gasteiger partial charge in [-0.1, -0.05) is 38.1 Å². The maximum absolute atomic E-state index is 4.31. The molecule has 0 saturated carbocycles. The number of hydrogen-bond donors (Lipinski definition) is 0. The van der Waals surface area contributed by atoms with Crippen molar-refractivity contribution in [3.63, 3.8) is 0 Å². The van der Waals surface area contributed by atoms with Gasteiger partial charge < -0.3 is 0 Å². The number of fused-ring (bicyclic) bond motifs is 3. The molecule has 1 aromatic carbocycles. The molecule has 0 fully saturated rings. The summed E-state index contributed by atoms with van der Waals surface area (Å²) < 4.78 is 0. The van der Waals surface area contributed by atoms with Crippen LogP contribution in [-0.2, 0) is 12.8 Å². The van der Waals surface area contributed by atoms with Gasteiger partial charge in [0.05, 0.1) is 11.4 Å². The standard InChI is InChI=1S/C13H12N2.C2H6/c1-9-8-11-7-6-10-4-2-3-5-12(10)13(11)15-14-9;1-2/h2-5,8H,6-7H2,1H3;1-2H3. The average molecular weight is 226 g/mol. The van der Waals surface area contributed by atoms with Crippen LogP contribution in [0.15, 0.2) is 30.3 Å². The summed E-state index contributed by atoms with van der Waals surface area (Å²) in [6.07, 6.45) is 2.21. The zero-order valence-corrected chi connectivity index (χ0v) is 10.7. The first-order chi connectivity index (χ1) is 8.34. The van der Waals surface area contributed by atoms with Crippen LogP contribution in [0.25, 0.3) is 11.3 Å². The van der Waals surface area contributed by atoms with Crippen molar-refractivity contribution in [2.45, 2.75) is 33.6 Å². The fraction of sp³-hybridized carbons (Fsp3) is 0.333. The third-order valence-corrected chi connectivity index (χ3v) is 2.93. The van der Waals surface area contributed by atoms with Gasteiger partial charge >= 0.3 is 0 Å².